The van der Waals surface area contributed by atoms with E-state index < -0.39 is 0 Å². The van der Waals surface area contributed by atoms with Crippen LogP contribution in [-0.2, 0) is 5.41 Å². The number of carbonyl (C=O) groups is 1. The third kappa shape index (κ3) is 5.29. The van der Waals surface area contributed by atoms with Gasteiger partial charge in [0.2, 0.25) is 0 Å². The maximum absolute atomic E-state index is 13.5. The van der Waals surface area contributed by atoms with Crippen LogP contribution in [0.5, 0.6) is 0 Å². The van der Waals surface area contributed by atoms with Crippen LogP contribution in [-0.4, -0.2) is 74.1 Å². The number of amides is 2. The molecule has 3 aliphatic heterocycles. The van der Waals surface area contributed by atoms with Crippen LogP contribution in [0.15, 0.2) is 54.6 Å². The molecule has 6 rings (SSSR count). The molecule has 3 saturated heterocycles. The summed E-state index contributed by atoms with van der Waals surface area (Å²) in [6.45, 7) is 13.5. The molecule has 3 atom stereocenters. The largest absolute Gasteiger partial charge is 0.325 e. The van der Waals surface area contributed by atoms with Gasteiger partial charge in [0, 0.05) is 43.3 Å². The lowest BCUT2D eigenvalue weighted by Gasteiger charge is -2.47. The molecule has 6 nitrogen and oxygen atoms in total. The summed E-state index contributed by atoms with van der Waals surface area (Å²) in [4.78, 5) is 25.4. The molecule has 1 unspecified atom stereocenters. The smallest absolute Gasteiger partial charge is 0.320 e. The van der Waals surface area contributed by atoms with E-state index in [1.807, 2.05) is 4.90 Å². The fourth-order valence-electron chi connectivity index (χ4n) is 8.59. The lowest BCUT2D eigenvalue weighted by atomic mass is 9.70. The van der Waals surface area contributed by atoms with Gasteiger partial charge in [-0.25, -0.2) is 9.78 Å². The normalized spacial score (nSPS) is 24.5. The van der Waals surface area contributed by atoms with Crippen molar-refractivity contribution < 1.29 is 4.79 Å². The van der Waals surface area contributed by atoms with Crippen molar-refractivity contribution in [2.75, 3.05) is 19.6 Å². The highest BCUT2D eigenvalue weighted by Crippen LogP contribution is 2.45. The number of fused-ring (bicyclic) bond motifs is 3. The zero-order valence-electron chi connectivity index (χ0n) is 25.8. The van der Waals surface area contributed by atoms with Crippen molar-refractivity contribution in [1.82, 2.24) is 24.3 Å². The number of benzene rings is 2. The minimum absolute atomic E-state index is 0.131. The molecule has 0 radical (unpaired) electrons. The number of aromatic nitrogens is 2. The minimum Gasteiger partial charge on any atom is -0.325 e. The van der Waals surface area contributed by atoms with Crippen LogP contribution in [0.2, 0.25) is 0 Å². The Balaban J connectivity index is 1.16. The second-order valence-electron chi connectivity index (χ2n) is 13.5. The van der Waals surface area contributed by atoms with E-state index in [0.29, 0.717) is 18.1 Å². The molecule has 2 amide bonds. The molecule has 41 heavy (non-hydrogen) atoms. The monoisotopic (exact) mass is 555 g/mol. The summed E-state index contributed by atoms with van der Waals surface area (Å²) in [7, 11) is 0. The van der Waals surface area contributed by atoms with Gasteiger partial charge in [0.1, 0.15) is 5.82 Å². The van der Waals surface area contributed by atoms with Crippen LogP contribution in [0.4, 0.5) is 4.79 Å². The summed E-state index contributed by atoms with van der Waals surface area (Å²) in [5.74, 6) is 1.15. The third-order valence-corrected chi connectivity index (χ3v) is 10.6. The highest BCUT2D eigenvalue weighted by atomic mass is 16.2. The second kappa shape index (κ2) is 11.4. The van der Waals surface area contributed by atoms with E-state index in [0.717, 1.165) is 43.8 Å². The van der Waals surface area contributed by atoms with Crippen molar-refractivity contribution in [3.63, 3.8) is 0 Å². The standard InChI is InChI=1S/C35H49N5O/c1-25(2)39(26(3)4)34(41)37-20-17-35(18-21-37,28-11-7-6-8-12-28)19-22-38-29-15-16-30(38)24-31(23-29)40-27(5)36-32-13-9-10-14-33(32)40/h6-14,25-26,29-31H,15-24H2,1-5H3/t29-,30+,31?. The maximum Gasteiger partial charge on any atom is 0.320 e. The third-order valence-electron chi connectivity index (χ3n) is 10.6. The van der Waals surface area contributed by atoms with Crippen LogP contribution in [0.1, 0.15) is 90.1 Å². The van der Waals surface area contributed by atoms with Crippen molar-refractivity contribution in [3.8, 4) is 0 Å². The number of rotatable bonds is 7. The number of piperidine rings is 2. The Kier molecular flexibility index (Phi) is 7.88. The number of carbonyl (C=O) groups excluding carboxylic acids is 1. The summed E-state index contributed by atoms with van der Waals surface area (Å²) >= 11 is 0. The fraction of sp³-hybridized carbons (Fsp3) is 0.600. The fourth-order valence-corrected chi connectivity index (χ4v) is 8.59. The topological polar surface area (TPSA) is 44.6 Å². The van der Waals surface area contributed by atoms with Crippen molar-refractivity contribution in [2.45, 2.75) is 115 Å². The predicted molar refractivity (Wildman–Crippen MR) is 167 cm³/mol. The molecule has 3 aliphatic rings. The van der Waals surface area contributed by atoms with Crippen LogP contribution in [0, 0.1) is 6.92 Å². The van der Waals surface area contributed by atoms with E-state index >= 15 is 0 Å². The highest BCUT2D eigenvalue weighted by molar-refractivity contribution is 5.76. The summed E-state index contributed by atoms with van der Waals surface area (Å²) in [6, 6.07) is 22.3. The molecule has 2 bridgehead atoms. The summed E-state index contributed by atoms with van der Waals surface area (Å²) in [5, 5.41) is 0. The van der Waals surface area contributed by atoms with E-state index in [4.69, 9.17) is 4.98 Å². The molecule has 1 aromatic heterocycles. The van der Waals surface area contributed by atoms with Gasteiger partial charge in [-0.2, -0.15) is 0 Å². The quantitative estimate of drug-likeness (QED) is 0.310. The van der Waals surface area contributed by atoms with Gasteiger partial charge < -0.3 is 14.4 Å². The first-order valence-electron chi connectivity index (χ1n) is 16.1. The van der Waals surface area contributed by atoms with Gasteiger partial charge in [0.15, 0.2) is 0 Å². The van der Waals surface area contributed by atoms with Crippen LogP contribution >= 0.6 is 0 Å². The number of imidazole rings is 1. The molecule has 0 spiro atoms. The number of aryl methyl sites for hydroxylation is 1. The highest BCUT2D eigenvalue weighted by Gasteiger charge is 2.44. The molecule has 3 fully saturated rings. The molecular formula is C35H49N5O. The SMILES string of the molecule is Cc1nc2ccccc2n1C1C[C@H]2CC[C@@H](C1)N2CCC1(c2ccccc2)CCN(C(=O)N(C(C)C)C(C)C)CC1. The Bertz CT molecular complexity index is 1320. The number of hydrogen-bond donors (Lipinski definition) is 0. The predicted octanol–water partition coefficient (Wildman–Crippen LogP) is 7.18. The maximum atomic E-state index is 13.5. The molecule has 6 heteroatoms. The molecule has 3 aromatic rings. The second-order valence-corrected chi connectivity index (χ2v) is 13.5. The van der Waals surface area contributed by atoms with E-state index in [1.54, 1.807) is 0 Å². The molecular weight excluding hydrogens is 506 g/mol. The van der Waals surface area contributed by atoms with Gasteiger partial charge in [-0.05, 0) is 109 Å². The van der Waals surface area contributed by atoms with Gasteiger partial charge in [0.25, 0.3) is 0 Å². The summed E-state index contributed by atoms with van der Waals surface area (Å²) in [5.41, 5.74) is 4.01. The molecule has 220 valence electrons. The summed E-state index contributed by atoms with van der Waals surface area (Å²) in [6.07, 6.45) is 8.32. The zero-order chi connectivity index (χ0) is 28.7. The number of nitrogens with zero attached hydrogens (tertiary/aromatic N) is 5. The van der Waals surface area contributed by atoms with E-state index in [-0.39, 0.29) is 23.5 Å². The molecule has 0 aliphatic carbocycles. The average molecular weight is 556 g/mol. The molecule has 2 aromatic carbocycles. The Morgan fingerprint density at radius 3 is 2.15 bits per heavy atom. The van der Waals surface area contributed by atoms with Crippen molar-refractivity contribution in [1.29, 1.82) is 0 Å². The van der Waals surface area contributed by atoms with E-state index in [2.05, 4.69) is 104 Å². The van der Waals surface area contributed by atoms with Crippen molar-refractivity contribution >= 4 is 17.1 Å². The van der Waals surface area contributed by atoms with E-state index in [9.17, 15) is 4.79 Å². The van der Waals surface area contributed by atoms with Crippen molar-refractivity contribution in [3.05, 3.63) is 66.0 Å². The van der Waals surface area contributed by atoms with Crippen LogP contribution in [0.3, 0.4) is 0 Å². The number of hydrogen-bond acceptors (Lipinski definition) is 3. The number of para-hydroxylation sites is 2. The Morgan fingerprint density at radius 2 is 1.51 bits per heavy atom. The average Bonchev–Trinajstić information content (AvgIpc) is 3.42. The lowest BCUT2D eigenvalue weighted by Crippen LogP contribution is -2.54. The summed E-state index contributed by atoms with van der Waals surface area (Å²) < 4.78 is 2.54. The first-order chi connectivity index (χ1) is 19.8. The van der Waals surface area contributed by atoms with Gasteiger partial charge in [0.05, 0.1) is 11.0 Å². The van der Waals surface area contributed by atoms with E-state index in [1.165, 1.54) is 43.2 Å². The Morgan fingerprint density at radius 1 is 0.902 bits per heavy atom. The van der Waals surface area contributed by atoms with Gasteiger partial charge in [-0.3, -0.25) is 4.90 Å². The Labute approximate surface area is 246 Å². The first-order valence-corrected chi connectivity index (χ1v) is 16.1. The molecule has 0 saturated carbocycles. The van der Waals surface area contributed by atoms with Gasteiger partial charge in [-0.15, -0.1) is 0 Å². The lowest BCUT2D eigenvalue weighted by molar-refractivity contribution is 0.0773. The molecule has 4 heterocycles. The number of likely N-dealkylation sites (tertiary alicyclic amines) is 1. The Hall–Kier alpha value is -2.86. The van der Waals surface area contributed by atoms with Gasteiger partial charge >= 0.3 is 6.03 Å². The van der Waals surface area contributed by atoms with Crippen LogP contribution in [0.25, 0.3) is 11.0 Å². The van der Waals surface area contributed by atoms with Crippen LogP contribution < -0.4 is 0 Å². The number of urea groups is 1. The first kappa shape index (κ1) is 28.3. The molecule has 0 N–H and O–H groups in total. The van der Waals surface area contributed by atoms with Gasteiger partial charge in [-0.1, -0.05) is 42.5 Å². The zero-order valence-corrected chi connectivity index (χ0v) is 25.8. The van der Waals surface area contributed by atoms with Crippen molar-refractivity contribution in [2.24, 2.45) is 0 Å². The minimum atomic E-state index is 0.131.